The molecule has 1 fully saturated rings. The zero-order valence-electron chi connectivity index (χ0n) is 12.4. The Balaban J connectivity index is 1.69. The topological polar surface area (TPSA) is 67.0 Å². The van der Waals surface area contributed by atoms with Gasteiger partial charge in [-0.2, -0.15) is 0 Å². The maximum Gasteiger partial charge on any atom is 0.226 e. The van der Waals surface area contributed by atoms with E-state index in [2.05, 4.69) is 15.3 Å². The van der Waals surface area contributed by atoms with Gasteiger partial charge in [-0.25, -0.2) is 9.37 Å². The van der Waals surface area contributed by atoms with Crippen molar-refractivity contribution in [3.8, 4) is 0 Å². The predicted molar refractivity (Wildman–Crippen MR) is 83.3 cm³/mol. The van der Waals surface area contributed by atoms with Crippen molar-refractivity contribution in [3.63, 3.8) is 0 Å². The molecule has 0 unspecified atom stereocenters. The van der Waals surface area contributed by atoms with Crippen LogP contribution in [0.15, 0.2) is 30.6 Å². The number of amides is 1. The van der Waals surface area contributed by atoms with Crippen molar-refractivity contribution in [1.29, 1.82) is 0 Å². The van der Waals surface area contributed by atoms with Crippen molar-refractivity contribution in [1.82, 2.24) is 15.3 Å². The number of halogens is 2. The summed E-state index contributed by atoms with van der Waals surface area (Å²) in [5.41, 5.74) is 0.286. The number of carbonyl (C=O) groups is 1. The molecule has 122 valence electrons. The van der Waals surface area contributed by atoms with Crippen LogP contribution in [0.1, 0.15) is 30.3 Å². The van der Waals surface area contributed by atoms with Crippen LogP contribution in [0.4, 0.5) is 4.39 Å². The van der Waals surface area contributed by atoms with Gasteiger partial charge in [0.1, 0.15) is 17.7 Å². The number of aromatic nitrogens is 2. The van der Waals surface area contributed by atoms with Gasteiger partial charge in [0.25, 0.3) is 0 Å². The molecular formula is C16H17ClFN3O2. The van der Waals surface area contributed by atoms with E-state index < -0.39 is 11.9 Å². The maximum atomic E-state index is 13.8. The van der Waals surface area contributed by atoms with E-state index in [1.54, 1.807) is 18.5 Å². The Morgan fingerprint density at radius 2 is 2.39 bits per heavy atom. The molecule has 3 rings (SSSR count). The van der Waals surface area contributed by atoms with Crippen molar-refractivity contribution in [2.45, 2.75) is 25.5 Å². The number of hydrogen-bond acceptors (Lipinski definition) is 3. The van der Waals surface area contributed by atoms with Gasteiger partial charge in [0, 0.05) is 36.1 Å². The second-order valence-electron chi connectivity index (χ2n) is 5.43. The van der Waals surface area contributed by atoms with Crippen LogP contribution in [-0.4, -0.2) is 22.5 Å². The number of hydrogen-bond donors (Lipinski definition) is 2. The minimum atomic E-state index is -0.430. The fourth-order valence-electron chi connectivity index (χ4n) is 2.76. The van der Waals surface area contributed by atoms with E-state index in [4.69, 9.17) is 16.3 Å². The van der Waals surface area contributed by atoms with Crippen LogP contribution in [0.25, 0.3) is 0 Å². The van der Waals surface area contributed by atoms with Crippen LogP contribution < -0.4 is 5.32 Å². The van der Waals surface area contributed by atoms with E-state index in [-0.39, 0.29) is 23.9 Å². The smallest absolute Gasteiger partial charge is 0.226 e. The Hall–Kier alpha value is -1.92. The highest BCUT2D eigenvalue weighted by atomic mass is 35.5. The largest absolute Gasteiger partial charge is 0.369 e. The molecule has 1 aromatic carbocycles. The molecule has 2 N–H and O–H groups in total. The molecule has 0 aliphatic carbocycles. The SMILES string of the molecule is O=C(NCc1c(F)cccc1Cl)[C@@H]1CCCO[C@H]1c1ncc[nH]1. The number of carbonyl (C=O) groups excluding carboxylic acids is 1. The first-order valence-electron chi connectivity index (χ1n) is 7.48. The van der Waals surface area contributed by atoms with Crippen molar-refractivity contribution < 1.29 is 13.9 Å². The van der Waals surface area contributed by atoms with E-state index in [0.717, 1.165) is 6.42 Å². The van der Waals surface area contributed by atoms with Gasteiger partial charge in [0.05, 0.1) is 5.92 Å². The molecule has 7 heteroatoms. The number of nitrogens with one attached hydrogen (secondary N) is 2. The summed E-state index contributed by atoms with van der Waals surface area (Å²) in [7, 11) is 0. The molecule has 2 atom stereocenters. The first-order valence-corrected chi connectivity index (χ1v) is 7.86. The Kier molecular flexibility index (Phi) is 4.93. The summed E-state index contributed by atoms with van der Waals surface area (Å²) in [5, 5.41) is 3.06. The zero-order chi connectivity index (χ0) is 16.2. The van der Waals surface area contributed by atoms with Crippen LogP contribution in [0.5, 0.6) is 0 Å². The summed E-state index contributed by atoms with van der Waals surface area (Å²) in [4.78, 5) is 19.7. The quantitative estimate of drug-likeness (QED) is 0.901. The van der Waals surface area contributed by atoms with Crippen LogP contribution in [0.2, 0.25) is 5.02 Å². The molecular weight excluding hydrogens is 321 g/mol. The fraction of sp³-hybridized carbons (Fsp3) is 0.375. The number of imidazole rings is 1. The molecule has 1 saturated heterocycles. The van der Waals surface area contributed by atoms with Gasteiger partial charge in [-0.3, -0.25) is 4.79 Å². The lowest BCUT2D eigenvalue weighted by Gasteiger charge is -2.29. The lowest BCUT2D eigenvalue weighted by molar-refractivity contribution is -0.135. The van der Waals surface area contributed by atoms with Crippen LogP contribution in [0.3, 0.4) is 0 Å². The average Bonchev–Trinajstić information content (AvgIpc) is 3.08. The van der Waals surface area contributed by atoms with Crippen molar-refractivity contribution in [2.24, 2.45) is 5.92 Å². The number of ether oxygens (including phenoxy) is 1. The molecule has 5 nitrogen and oxygen atoms in total. The summed E-state index contributed by atoms with van der Waals surface area (Å²) in [5.74, 6) is -0.347. The molecule has 2 heterocycles. The highest BCUT2D eigenvalue weighted by Gasteiger charge is 2.34. The van der Waals surface area contributed by atoms with Crippen LogP contribution in [0, 0.1) is 11.7 Å². The summed E-state index contributed by atoms with van der Waals surface area (Å²) in [6.07, 6.45) is 4.41. The number of H-pyrrole nitrogens is 1. The van der Waals surface area contributed by atoms with E-state index in [0.29, 0.717) is 23.9 Å². The summed E-state index contributed by atoms with van der Waals surface area (Å²) < 4.78 is 19.5. The number of rotatable bonds is 4. The molecule has 23 heavy (non-hydrogen) atoms. The number of nitrogens with zero attached hydrogens (tertiary/aromatic N) is 1. The van der Waals surface area contributed by atoms with Crippen LogP contribution >= 0.6 is 11.6 Å². The third-order valence-electron chi connectivity index (χ3n) is 3.95. The number of benzene rings is 1. The molecule has 1 amide bonds. The second-order valence-corrected chi connectivity index (χ2v) is 5.84. The molecule has 0 saturated carbocycles. The first-order chi connectivity index (χ1) is 11.2. The lowest BCUT2D eigenvalue weighted by atomic mass is 9.92. The molecule has 0 spiro atoms. The first kappa shape index (κ1) is 16.0. The van der Waals surface area contributed by atoms with Gasteiger partial charge in [-0.1, -0.05) is 17.7 Å². The highest BCUT2D eigenvalue weighted by Crippen LogP contribution is 2.32. The molecule has 1 aromatic heterocycles. The molecule has 1 aliphatic heterocycles. The monoisotopic (exact) mass is 337 g/mol. The van der Waals surface area contributed by atoms with Crippen molar-refractivity contribution >= 4 is 17.5 Å². The third kappa shape index (κ3) is 3.54. The van der Waals surface area contributed by atoms with E-state index in [1.165, 1.54) is 12.1 Å². The minimum absolute atomic E-state index is 0.0473. The van der Waals surface area contributed by atoms with Gasteiger partial charge in [-0.05, 0) is 25.0 Å². The van der Waals surface area contributed by atoms with Gasteiger partial charge in [0.15, 0.2) is 0 Å². The van der Waals surface area contributed by atoms with E-state index in [9.17, 15) is 9.18 Å². The van der Waals surface area contributed by atoms with Gasteiger partial charge < -0.3 is 15.0 Å². The summed E-state index contributed by atoms with van der Waals surface area (Å²) in [6.45, 7) is 0.639. The average molecular weight is 338 g/mol. The van der Waals surface area contributed by atoms with E-state index >= 15 is 0 Å². The number of aromatic amines is 1. The van der Waals surface area contributed by atoms with Crippen molar-refractivity contribution in [2.75, 3.05) is 6.61 Å². The van der Waals surface area contributed by atoms with E-state index in [1.807, 2.05) is 0 Å². The Bertz CT molecular complexity index is 658. The summed E-state index contributed by atoms with van der Waals surface area (Å²) >= 11 is 5.98. The molecule has 1 aliphatic rings. The molecule has 0 radical (unpaired) electrons. The Labute approximate surface area is 138 Å². The van der Waals surface area contributed by atoms with Gasteiger partial charge >= 0.3 is 0 Å². The van der Waals surface area contributed by atoms with Crippen LogP contribution in [-0.2, 0) is 16.1 Å². The molecule has 0 bridgehead atoms. The summed E-state index contributed by atoms with van der Waals surface area (Å²) in [6, 6.07) is 4.45. The van der Waals surface area contributed by atoms with Gasteiger partial charge in [0.2, 0.25) is 5.91 Å². The molecule has 2 aromatic rings. The van der Waals surface area contributed by atoms with Gasteiger partial charge in [-0.15, -0.1) is 0 Å². The zero-order valence-corrected chi connectivity index (χ0v) is 13.1. The predicted octanol–water partition coefficient (Wildman–Crippen LogP) is 2.99. The fourth-order valence-corrected chi connectivity index (χ4v) is 2.99. The highest BCUT2D eigenvalue weighted by molar-refractivity contribution is 6.31. The van der Waals surface area contributed by atoms with Crippen molar-refractivity contribution in [3.05, 3.63) is 52.8 Å². The normalized spacial score (nSPS) is 21.1. The Morgan fingerprint density at radius 3 is 3.13 bits per heavy atom. The third-order valence-corrected chi connectivity index (χ3v) is 4.30. The Morgan fingerprint density at radius 1 is 1.52 bits per heavy atom. The minimum Gasteiger partial charge on any atom is -0.369 e. The second kappa shape index (κ2) is 7.10. The lowest BCUT2D eigenvalue weighted by Crippen LogP contribution is -2.37. The maximum absolute atomic E-state index is 13.8. The standard InChI is InChI=1S/C16H17ClFN3O2/c17-12-4-1-5-13(18)11(12)9-21-16(22)10-3-2-8-23-14(10)15-19-6-7-20-15/h1,4-7,10,14H,2-3,8-9H2,(H,19,20)(H,21,22)/t10-,14-/m1/s1.